The first-order valence-corrected chi connectivity index (χ1v) is 7.81. The number of rotatable bonds is 3. The summed E-state index contributed by atoms with van der Waals surface area (Å²) in [6, 6.07) is 9.49. The van der Waals surface area contributed by atoms with Gasteiger partial charge in [0.1, 0.15) is 12.3 Å². The van der Waals surface area contributed by atoms with Crippen LogP contribution in [-0.2, 0) is 19.5 Å². The third-order valence-corrected chi connectivity index (χ3v) is 4.04. The first-order valence-electron chi connectivity index (χ1n) is 7.81. The highest BCUT2D eigenvalue weighted by atomic mass is 16.5. The second-order valence-electron chi connectivity index (χ2n) is 5.65. The standard InChI is InChI=1S/C17H19N5O2/c1-24-15-5-4-14-12-21(8-2-3-13(14)11-15)17(23)19-16-6-9-22(20-16)10-7-18/h4-6,9,11H,2-3,8,10,12H2,1H3,(H,19,20,23). The summed E-state index contributed by atoms with van der Waals surface area (Å²) in [6.45, 7) is 1.40. The van der Waals surface area contributed by atoms with E-state index in [0.29, 0.717) is 18.9 Å². The van der Waals surface area contributed by atoms with Crippen LogP contribution >= 0.6 is 0 Å². The minimum atomic E-state index is -0.180. The van der Waals surface area contributed by atoms with Gasteiger partial charge in [-0.15, -0.1) is 0 Å². The zero-order valence-electron chi connectivity index (χ0n) is 13.5. The van der Waals surface area contributed by atoms with E-state index in [1.807, 2.05) is 24.3 Å². The van der Waals surface area contributed by atoms with Crippen LogP contribution in [0.25, 0.3) is 0 Å². The lowest BCUT2D eigenvalue weighted by Gasteiger charge is -2.20. The molecule has 0 saturated carbocycles. The van der Waals surface area contributed by atoms with Crippen molar-refractivity contribution < 1.29 is 9.53 Å². The molecule has 2 amide bonds. The van der Waals surface area contributed by atoms with Crippen molar-refractivity contribution in [2.24, 2.45) is 0 Å². The molecule has 1 aromatic carbocycles. The molecule has 24 heavy (non-hydrogen) atoms. The Morgan fingerprint density at radius 3 is 3.08 bits per heavy atom. The predicted octanol–water partition coefficient (Wildman–Crippen LogP) is 2.40. The minimum absolute atomic E-state index is 0.162. The van der Waals surface area contributed by atoms with Crippen LogP contribution in [0, 0.1) is 11.3 Å². The van der Waals surface area contributed by atoms with Gasteiger partial charge in [0.05, 0.1) is 13.2 Å². The molecule has 2 aromatic rings. The molecule has 1 aliphatic rings. The number of hydrogen-bond acceptors (Lipinski definition) is 4. The summed E-state index contributed by atoms with van der Waals surface area (Å²) in [5, 5.41) is 15.6. The molecule has 0 spiro atoms. The molecule has 0 radical (unpaired) electrons. The van der Waals surface area contributed by atoms with Crippen molar-refractivity contribution in [3.63, 3.8) is 0 Å². The Morgan fingerprint density at radius 1 is 1.42 bits per heavy atom. The smallest absolute Gasteiger partial charge is 0.323 e. The van der Waals surface area contributed by atoms with E-state index in [2.05, 4.69) is 10.4 Å². The first-order chi connectivity index (χ1) is 11.7. The Hall–Kier alpha value is -3.01. The molecule has 2 heterocycles. The van der Waals surface area contributed by atoms with E-state index in [-0.39, 0.29) is 12.6 Å². The second kappa shape index (κ2) is 7.04. The van der Waals surface area contributed by atoms with Crippen LogP contribution in [0.2, 0.25) is 0 Å². The molecule has 1 aliphatic heterocycles. The Labute approximate surface area is 140 Å². The average Bonchev–Trinajstić information content (AvgIpc) is 2.91. The summed E-state index contributed by atoms with van der Waals surface area (Å²) in [5.74, 6) is 1.30. The van der Waals surface area contributed by atoms with Crippen molar-refractivity contribution in [3.05, 3.63) is 41.6 Å². The van der Waals surface area contributed by atoms with Crippen LogP contribution in [0.5, 0.6) is 5.75 Å². The zero-order valence-corrected chi connectivity index (χ0v) is 13.5. The number of aryl methyl sites for hydroxylation is 1. The molecule has 7 heteroatoms. The van der Waals surface area contributed by atoms with Crippen LogP contribution in [0.3, 0.4) is 0 Å². The average molecular weight is 325 g/mol. The quantitative estimate of drug-likeness (QED) is 0.939. The lowest BCUT2D eigenvalue weighted by molar-refractivity contribution is 0.210. The Balaban J connectivity index is 1.69. The van der Waals surface area contributed by atoms with Crippen LogP contribution in [-0.4, -0.2) is 34.4 Å². The number of methoxy groups -OCH3 is 1. The maximum Gasteiger partial charge on any atom is 0.323 e. The van der Waals surface area contributed by atoms with Gasteiger partial charge in [-0.1, -0.05) is 6.07 Å². The van der Waals surface area contributed by atoms with E-state index in [9.17, 15) is 4.79 Å². The lowest BCUT2D eigenvalue weighted by Crippen LogP contribution is -2.34. The normalized spacial score (nSPS) is 13.6. The summed E-state index contributed by atoms with van der Waals surface area (Å²) < 4.78 is 6.76. The van der Waals surface area contributed by atoms with Gasteiger partial charge in [0.2, 0.25) is 0 Å². The van der Waals surface area contributed by atoms with E-state index >= 15 is 0 Å². The fraction of sp³-hybridized carbons (Fsp3) is 0.353. The predicted molar refractivity (Wildman–Crippen MR) is 88.6 cm³/mol. The van der Waals surface area contributed by atoms with E-state index in [1.54, 1.807) is 24.3 Å². The van der Waals surface area contributed by atoms with Crippen LogP contribution in [0.4, 0.5) is 10.6 Å². The van der Waals surface area contributed by atoms with Gasteiger partial charge in [-0.3, -0.25) is 10.00 Å². The van der Waals surface area contributed by atoms with Crippen molar-refractivity contribution in [3.8, 4) is 11.8 Å². The van der Waals surface area contributed by atoms with Crippen LogP contribution < -0.4 is 10.1 Å². The van der Waals surface area contributed by atoms with Crippen LogP contribution in [0.15, 0.2) is 30.5 Å². The topological polar surface area (TPSA) is 83.2 Å². The SMILES string of the molecule is COc1ccc2c(c1)CCCN(C(=O)Nc1ccn(CC#N)n1)C2. The maximum atomic E-state index is 12.5. The number of nitrogens with one attached hydrogen (secondary N) is 1. The van der Waals surface area contributed by atoms with Gasteiger partial charge < -0.3 is 9.64 Å². The number of anilines is 1. The Kier molecular flexibility index (Phi) is 4.66. The number of nitrogens with zero attached hydrogens (tertiary/aromatic N) is 4. The summed E-state index contributed by atoms with van der Waals surface area (Å²) in [7, 11) is 1.66. The molecule has 0 fully saturated rings. The Bertz CT molecular complexity index is 778. The molecule has 7 nitrogen and oxygen atoms in total. The third kappa shape index (κ3) is 3.49. The molecule has 124 valence electrons. The van der Waals surface area contributed by atoms with Gasteiger partial charge in [0.15, 0.2) is 5.82 Å². The fourth-order valence-corrected chi connectivity index (χ4v) is 2.81. The van der Waals surface area contributed by atoms with Gasteiger partial charge in [-0.05, 0) is 36.1 Å². The highest BCUT2D eigenvalue weighted by Gasteiger charge is 2.20. The number of ether oxygens (including phenoxy) is 1. The number of nitriles is 1. The summed E-state index contributed by atoms with van der Waals surface area (Å²) in [4.78, 5) is 14.3. The molecule has 0 aliphatic carbocycles. The second-order valence-corrected chi connectivity index (χ2v) is 5.65. The minimum Gasteiger partial charge on any atom is -0.497 e. The van der Waals surface area contributed by atoms with Gasteiger partial charge in [0.25, 0.3) is 0 Å². The van der Waals surface area contributed by atoms with Crippen molar-refractivity contribution in [1.82, 2.24) is 14.7 Å². The molecular weight excluding hydrogens is 306 g/mol. The van der Waals surface area contributed by atoms with Crippen molar-refractivity contribution >= 4 is 11.8 Å². The molecule has 1 N–H and O–H groups in total. The molecule has 0 unspecified atom stereocenters. The molecule has 3 rings (SSSR count). The maximum absolute atomic E-state index is 12.5. The van der Waals surface area contributed by atoms with Gasteiger partial charge in [-0.25, -0.2) is 4.79 Å². The number of hydrogen-bond donors (Lipinski definition) is 1. The molecule has 0 bridgehead atoms. The van der Waals surface area contributed by atoms with Crippen molar-refractivity contribution in [1.29, 1.82) is 5.26 Å². The van der Waals surface area contributed by atoms with Gasteiger partial charge in [0, 0.05) is 25.4 Å². The zero-order chi connectivity index (χ0) is 16.9. The summed E-state index contributed by atoms with van der Waals surface area (Å²) in [5.41, 5.74) is 2.36. The molecule has 0 saturated heterocycles. The number of urea groups is 1. The van der Waals surface area contributed by atoms with E-state index in [1.165, 1.54) is 10.2 Å². The van der Waals surface area contributed by atoms with Crippen LogP contribution in [0.1, 0.15) is 17.5 Å². The Morgan fingerprint density at radius 2 is 2.29 bits per heavy atom. The molecular formula is C17H19N5O2. The van der Waals surface area contributed by atoms with Gasteiger partial charge >= 0.3 is 6.03 Å². The number of fused-ring (bicyclic) bond motifs is 1. The van der Waals surface area contributed by atoms with Gasteiger partial charge in [-0.2, -0.15) is 10.4 Å². The van der Waals surface area contributed by atoms with E-state index in [0.717, 1.165) is 24.2 Å². The largest absolute Gasteiger partial charge is 0.497 e. The monoisotopic (exact) mass is 325 g/mol. The number of carbonyl (C=O) groups excluding carboxylic acids is 1. The molecule has 1 aromatic heterocycles. The highest BCUT2D eigenvalue weighted by Crippen LogP contribution is 2.23. The van der Waals surface area contributed by atoms with Crippen molar-refractivity contribution in [2.75, 3.05) is 19.0 Å². The highest BCUT2D eigenvalue weighted by molar-refractivity contribution is 5.88. The lowest BCUT2D eigenvalue weighted by atomic mass is 10.0. The first kappa shape index (κ1) is 15.9. The third-order valence-electron chi connectivity index (χ3n) is 4.04. The molecule has 0 atom stereocenters. The number of benzene rings is 1. The van der Waals surface area contributed by atoms with E-state index in [4.69, 9.17) is 10.00 Å². The number of carbonyl (C=O) groups is 1. The van der Waals surface area contributed by atoms with E-state index < -0.39 is 0 Å². The summed E-state index contributed by atoms with van der Waals surface area (Å²) in [6.07, 6.45) is 3.49. The number of aromatic nitrogens is 2. The fourth-order valence-electron chi connectivity index (χ4n) is 2.81. The summed E-state index contributed by atoms with van der Waals surface area (Å²) >= 11 is 0. The van der Waals surface area contributed by atoms with Crippen molar-refractivity contribution in [2.45, 2.75) is 25.9 Å². The number of amides is 2.